The van der Waals surface area contributed by atoms with Gasteiger partial charge in [0.25, 0.3) is 0 Å². The molecule has 0 saturated carbocycles. The Morgan fingerprint density at radius 3 is 2.04 bits per heavy atom. The number of aryl methyl sites for hydroxylation is 1. The van der Waals surface area contributed by atoms with Crippen molar-refractivity contribution in [3.8, 4) is 11.4 Å². The Labute approximate surface area is 164 Å². The molecule has 1 aromatic carbocycles. The second-order valence-electron chi connectivity index (χ2n) is 7.01. The second-order valence-corrected chi connectivity index (χ2v) is 8.18. The third-order valence-corrected chi connectivity index (χ3v) is 5.75. The van der Waals surface area contributed by atoms with Crippen molar-refractivity contribution >= 4 is 11.8 Å². The molecule has 0 saturated heterocycles. The zero-order chi connectivity index (χ0) is 18.5. The van der Waals surface area contributed by atoms with E-state index in [1.807, 2.05) is 24.2 Å². The Morgan fingerprint density at radius 1 is 0.731 bits per heavy atom. The largest absolute Gasteiger partial charge is 0.236 e. The molecule has 26 heavy (non-hydrogen) atoms. The van der Waals surface area contributed by atoms with Crippen LogP contribution >= 0.6 is 11.8 Å². The molecule has 0 unspecified atom stereocenters. The first-order valence-corrected chi connectivity index (χ1v) is 11.4. The molecule has 1 aromatic heterocycles. The third-order valence-electron chi connectivity index (χ3n) is 4.65. The van der Waals surface area contributed by atoms with Gasteiger partial charge in [0, 0.05) is 22.9 Å². The lowest BCUT2D eigenvalue weighted by Crippen LogP contribution is -1.93. The number of hydrogen-bond acceptors (Lipinski definition) is 3. The fraction of sp³-hybridized carbons (Fsp3) is 0.565. The van der Waals surface area contributed by atoms with E-state index in [2.05, 4.69) is 48.1 Å². The molecule has 3 heteroatoms. The minimum atomic E-state index is 0.833. The minimum absolute atomic E-state index is 0.833. The van der Waals surface area contributed by atoms with E-state index in [0.29, 0.717) is 0 Å². The number of rotatable bonds is 13. The first-order valence-electron chi connectivity index (χ1n) is 10.4. The van der Waals surface area contributed by atoms with Crippen LogP contribution in [0.3, 0.4) is 0 Å². The molecule has 0 N–H and O–H groups in total. The normalized spacial score (nSPS) is 11.0. The summed E-state index contributed by atoms with van der Waals surface area (Å²) in [7, 11) is 0. The highest BCUT2D eigenvalue weighted by atomic mass is 32.2. The predicted molar refractivity (Wildman–Crippen MR) is 115 cm³/mol. The summed E-state index contributed by atoms with van der Waals surface area (Å²) >= 11 is 1.94. The summed E-state index contributed by atoms with van der Waals surface area (Å²) in [6.45, 7) is 4.51. The number of benzene rings is 1. The number of thioether (sulfide) groups is 1. The number of hydrogen-bond donors (Lipinski definition) is 0. The maximum atomic E-state index is 4.58. The highest BCUT2D eigenvalue weighted by molar-refractivity contribution is 7.99. The summed E-state index contributed by atoms with van der Waals surface area (Å²) in [5.41, 5.74) is 2.36. The van der Waals surface area contributed by atoms with Crippen molar-refractivity contribution in [1.29, 1.82) is 0 Å². The van der Waals surface area contributed by atoms with Gasteiger partial charge in [0.1, 0.15) is 0 Å². The van der Waals surface area contributed by atoms with Gasteiger partial charge in [0.2, 0.25) is 0 Å². The quantitative estimate of drug-likeness (QED) is 0.273. The summed E-state index contributed by atoms with van der Waals surface area (Å²) in [5, 5.41) is 0. The maximum absolute atomic E-state index is 4.58. The fourth-order valence-corrected chi connectivity index (χ4v) is 3.90. The number of unbranched alkanes of at least 4 members (excludes halogenated alkanes) is 7. The molecule has 142 valence electrons. The fourth-order valence-electron chi connectivity index (χ4n) is 2.98. The van der Waals surface area contributed by atoms with Crippen molar-refractivity contribution in [1.82, 2.24) is 9.97 Å². The van der Waals surface area contributed by atoms with Crippen LogP contribution in [0, 0.1) is 0 Å². The van der Waals surface area contributed by atoms with Gasteiger partial charge in [0.05, 0.1) is 0 Å². The Hall–Kier alpha value is -1.35. The first kappa shape index (κ1) is 21.0. The summed E-state index contributed by atoms with van der Waals surface area (Å²) in [5.74, 6) is 2.04. The highest BCUT2D eigenvalue weighted by Crippen LogP contribution is 2.23. The molecule has 0 aliphatic heterocycles. The van der Waals surface area contributed by atoms with Gasteiger partial charge < -0.3 is 0 Å². The standard InChI is InChI=1S/C23H34N2S/c1-3-5-7-8-9-10-12-20-18-24-23(25-19-20)21-13-15-22(16-14-21)26-17-11-6-4-2/h13-16,18-19H,3-12,17H2,1-2H3. The summed E-state index contributed by atoms with van der Waals surface area (Å²) in [6.07, 6.45) is 17.0. The van der Waals surface area contributed by atoms with Crippen LogP contribution in [-0.2, 0) is 6.42 Å². The average molecular weight is 371 g/mol. The summed E-state index contributed by atoms with van der Waals surface area (Å²) in [4.78, 5) is 10.5. The molecule has 2 nitrogen and oxygen atoms in total. The van der Waals surface area contributed by atoms with Crippen LogP contribution in [0.1, 0.15) is 77.2 Å². The lowest BCUT2D eigenvalue weighted by molar-refractivity contribution is 0.607. The number of aromatic nitrogens is 2. The molecule has 0 amide bonds. The molecule has 0 bridgehead atoms. The molecule has 0 radical (unpaired) electrons. The summed E-state index contributed by atoms with van der Waals surface area (Å²) < 4.78 is 0. The molecule has 0 spiro atoms. The molecule has 2 aromatic rings. The van der Waals surface area contributed by atoms with Crippen molar-refractivity contribution in [2.24, 2.45) is 0 Å². The van der Waals surface area contributed by atoms with Crippen molar-refractivity contribution in [2.45, 2.75) is 83.0 Å². The van der Waals surface area contributed by atoms with Crippen LogP contribution in [0.25, 0.3) is 11.4 Å². The van der Waals surface area contributed by atoms with Gasteiger partial charge in [-0.3, -0.25) is 0 Å². The minimum Gasteiger partial charge on any atom is -0.236 e. The summed E-state index contributed by atoms with van der Waals surface area (Å²) in [6, 6.07) is 8.68. The predicted octanol–water partition coefficient (Wildman–Crippen LogP) is 7.33. The van der Waals surface area contributed by atoms with E-state index in [9.17, 15) is 0 Å². The molecule has 0 aliphatic carbocycles. The van der Waals surface area contributed by atoms with Crippen LogP contribution < -0.4 is 0 Å². The van der Waals surface area contributed by atoms with Gasteiger partial charge >= 0.3 is 0 Å². The van der Waals surface area contributed by atoms with Crippen LogP contribution in [0.5, 0.6) is 0 Å². The Morgan fingerprint density at radius 2 is 1.35 bits per heavy atom. The van der Waals surface area contributed by atoms with Gasteiger partial charge in [-0.15, -0.1) is 11.8 Å². The maximum Gasteiger partial charge on any atom is 0.159 e. The molecular formula is C23H34N2S. The van der Waals surface area contributed by atoms with Crippen molar-refractivity contribution < 1.29 is 0 Å². The molecule has 0 atom stereocenters. The first-order chi connectivity index (χ1) is 12.8. The van der Waals surface area contributed by atoms with E-state index in [0.717, 1.165) is 17.8 Å². The molecule has 1 heterocycles. The topological polar surface area (TPSA) is 25.8 Å². The van der Waals surface area contributed by atoms with Gasteiger partial charge in [-0.05, 0) is 42.7 Å². The van der Waals surface area contributed by atoms with Crippen molar-refractivity contribution in [3.63, 3.8) is 0 Å². The van der Waals surface area contributed by atoms with E-state index >= 15 is 0 Å². The second kappa shape index (κ2) is 12.9. The molecular weight excluding hydrogens is 336 g/mol. The van der Waals surface area contributed by atoms with Crippen LogP contribution in [0.4, 0.5) is 0 Å². The monoisotopic (exact) mass is 370 g/mol. The highest BCUT2D eigenvalue weighted by Gasteiger charge is 2.03. The molecule has 0 fully saturated rings. The van der Waals surface area contributed by atoms with Crippen LogP contribution in [0.2, 0.25) is 0 Å². The van der Waals surface area contributed by atoms with Gasteiger partial charge in [-0.2, -0.15) is 0 Å². The van der Waals surface area contributed by atoms with Crippen LogP contribution in [0.15, 0.2) is 41.6 Å². The zero-order valence-electron chi connectivity index (χ0n) is 16.5. The SMILES string of the molecule is CCCCCCCCc1cnc(-c2ccc(SCCCCC)cc2)nc1. The number of nitrogens with zero attached hydrogens (tertiary/aromatic N) is 2. The molecule has 0 aliphatic rings. The molecule has 2 rings (SSSR count). The average Bonchev–Trinajstić information content (AvgIpc) is 2.69. The lowest BCUT2D eigenvalue weighted by Gasteiger charge is -2.05. The van der Waals surface area contributed by atoms with Crippen LogP contribution in [-0.4, -0.2) is 15.7 Å². The Kier molecular flexibility index (Phi) is 10.4. The van der Waals surface area contributed by atoms with Gasteiger partial charge in [-0.25, -0.2) is 9.97 Å². The van der Waals surface area contributed by atoms with Gasteiger partial charge in [-0.1, -0.05) is 70.9 Å². The lowest BCUT2D eigenvalue weighted by atomic mass is 10.1. The third kappa shape index (κ3) is 7.90. The zero-order valence-corrected chi connectivity index (χ0v) is 17.4. The van der Waals surface area contributed by atoms with Crippen molar-refractivity contribution in [3.05, 3.63) is 42.2 Å². The van der Waals surface area contributed by atoms with E-state index in [1.165, 1.54) is 74.0 Å². The Balaban J connectivity index is 1.76. The van der Waals surface area contributed by atoms with E-state index in [4.69, 9.17) is 0 Å². The van der Waals surface area contributed by atoms with E-state index in [-0.39, 0.29) is 0 Å². The smallest absolute Gasteiger partial charge is 0.159 e. The van der Waals surface area contributed by atoms with Crippen molar-refractivity contribution in [2.75, 3.05) is 5.75 Å². The van der Waals surface area contributed by atoms with Gasteiger partial charge in [0.15, 0.2) is 5.82 Å². The van der Waals surface area contributed by atoms with E-state index in [1.54, 1.807) is 0 Å². The Bertz CT molecular complexity index is 593. The van der Waals surface area contributed by atoms with E-state index < -0.39 is 0 Å².